The molecular weight excluding hydrogens is 462 g/mol. The van der Waals surface area contributed by atoms with Crippen LogP contribution in [0.3, 0.4) is 0 Å². The molecular formula is C22H25N5O4S2. The van der Waals surface area contributed by atoms with E-state index in [1.54, 1.807) is 42.0 Å². The van der Waals surface area contributed by atoms with Crippen LogP contribution in [0.5, 0.6) is 0 Å². The summed E-state index contributed by atoms with van der Waals surface area (Å²) in [5.74, 6) is -0.634. The predicted octanol–water partition coefficient (Wildman–Crippen LogP) is 3.55. The van der Waals surface area contributed by atoms with Gasteiger partial charge in [-0.15, -0.1) is 23.5 Å². The van der Waals surface area contributed by atoms with Crippen LogP contribution < -0.4 is 5.32 Å². The molecule has 2 aliphatic rings. The van der Waals surface area contributed by atoms with Crippen molar-refractivity contribution in [3.63, 3.8) is 0 Å². The average molecular weight is 488 g/mol. The monoisotopic (exact) mass is 487 g/mol. The standard InChI is InChI=1S/C22H25N5O4S2/c1-22(2)30-14-15(31-22)20(29-16(14)21(32-3)33-4)27-11-25-13-17(23-10-24-18(13)27)26-19(28)12-8-6-5-7-9-12/h5-11,14-16,20-21H,1-4H3,(H,23,24,26,28)/t14-,15+,16-,20+/m0/s1. The minimum atomic E-state index is -0.711. The van der Waals surface area contributed by atoms with Gasteiger partial charge in [0, 0.05) is 5.56 Å². The summed E-state index contributed by atoms with van der Waals surface area (Å²) in [4.78, 5) is 25.8. The van der Waals surface area contributed by atoms with Crippen LogP contribution in [0.2, 0.25) is 0 Å². The largest absolute Gasteiger partial charge is 0.347 e. The molecule has 2 saturated heterocycles. The summed E-state index contributed by atoms with van der Waals surface area (Å²) in [6.07, 6.45) is 6.03. The van der Waals surface area contributed by atoms with Crippen molar-refractivity contribution in [2.24, 2.45) is 0 Å². The smallest absolute Gasteiger partial charge is 0.256 e. The Bertz CT molecular complexity index is 1150. The lowest BCUT2D eigenvalue weighted by Crippen LogP contribution is -2.35. The molecule has 1 amide bonds. The molecule has 4 heterocycles. The Morgan fingerprint density at radius 2 is 1.82 bits per heavy atom. The highest BCUT2D eigenvalue weighted by Crippen LogP contribution is 2.47. The number of carbonyl (C=O) groups is 1. The van der Waals surface area contributed by atoms with Crippen LogP contribution in [-0.4, -0.2) is 66.6 Å². The van der Waals surface area contributed by atoms with Gasteiger partial charge in [0.25, 0.3) is 5.91 Å². The molecule has 1 N–H and O–H groups in total. The first-order chi connectivity index (χ1) is 15.9. The summed E-state index contributed by atoms with van der Waals surface area (Å²) in [5, 5.41) is 2.84. The van der Waals surface area contributed by atoms with E-state index in [-0.39, 0.29) is 28.8 Å². The van der Waals surface area contributed by atoms with E-state index in [2.05, 4.69) is 32.8 Å². The number of carbonyl (C=O) groups excluding carboxylic acids is 1. The second-order valence-electron chi connectivity index (χ2n) is 8.26. The molecule has 4 atom stereocenters. The lowest BCUT2D eigenvalue weighted by atomic mass is 10.1. The molecule has 0 aliphatic carbocycles. The Balaban J connectivity index is 1.48. The molecule has 0 bridgehead atoms. The van der Waals surface area contributed by atoms with Crippen molar-refractivity contribution < 1.29 is 19.0 Å². The molecule has 2 aromatic heterocycles. The Morgan fingerprint density at radius 3 is 2.55 bits per heavy atom. The Hall–Kier alpha value is -2.18. The SMILES string of the molecule is CSC(SC)[C@H]1O[C@@H](n2cnc3c(NC(=O)c4ccccc4)ncnc32)[C@@H]2OC(C)(C)O[C@@H]21. The fourth-order valence-corrected chi connectivity index (χ4v) is 6.06. The lowest BCUT2D eigenvalue weighted by molar-refractivity contribution is -0.194. The predicted molar refractivity (Wildman–Crippen MR) is 128 cm³/mol. The van der Waals surface area contributed by atoms with Crippen molar-refractivity contribution >= 4 is 46.4 Å². The van der Waals surface area contributed by atoms with E-state index < -0.39 is 12.0 Å². The molecule has 1 aromatic carbocycles. The first-order valence-electron chi connectivity index (χ1n) is 10.5. The van der Waals surface area contributed by atoms with Gasteiger partial charge in [-0.05, 0) is 38.5 Å². The van der Waals surface area contributed by atoms with Crippen molar-refractivity contribution in [1.29, 1.82) is 0 Å². The first-order valence-corrected chi connectivity index (χ1v) is 13.1. The number of fused-ring (bicyclic) bond motifs is 2. The second-order valence-corrected chi connectivity index (χ2v) is 10.5. The van der Waals surface area contributed by atoms with Crippen LogP contribution in [0.1, 0.15) is 30.4 Å². The summed E-state index contributed by atoms with van der Waals surface area (Å²) < 4.78 is 21.0. The number of thioether (sulfide) groups is 2. The fraction of sp³-hybridized carbons (Fsp3) is 0.455. The number of nitrogens with zero attached hydrogens (tertiary/aromatic N) is 4. The number of aromatic nitrogens is 4. The van der Waals surface area contributed by atoms with E-state index in [4.69, 9.17) is 14.2 Å². The van der Waals surface area contributed by atoms with Gasteiger partial charge in [0.2, 0.25) is 0 Å². The molecule has 0 spiro atoms. The van der Waals surface area contributed by atoms with Gasteiger partial charge < -0.3 is 19.5 Å². The molecule has 11 heteroatoms. The third-order valence-electron chi connectivity index (χ3n) is 5.70. The van der Waals surface area contributed by atoms with Crippen LogP contribution in [0.4, 0.5) is 5.82 Å². The highest BCUT2D eigenvalue weighted by molar-refractivity contribution is 8.16. The first kappa shape index (κ1) is 22.6. The van der Waals surface area contributed by atoms with Crippen LogP contribution in [0.15, 0.2) is 43.0 Å². The summed E-state index contributed by atoms with van der Waals surface area (Å²) in [5.41, 5.74) is 1.57. The van der Waals surface area contributed by atoms with E-state index in [0.717, 1.165) is 0 Å². The normalized spacial score (nSPS) is 26.1. The molecule has 3 aromatic rings. The van der Waals surface area contributed by atoms with Gasteiger partial charge in [-0.3, -0.25) is 9.36 Å². The summed E-state index contributed by atoms with van der Waals surface area (Å²) >= 11 is 3.46. The second kappa shape index (κ2) is 8.88. The van der Waals surface area contributed by atoms with Crippen molar-refractivity contribution in [3.8, 4) is 0 Å². The van der Waals surface area contributed by atoms with Crippen molar-refractivity contribution in [2.75, 3.05) is 17.8 Å². The molecule has 0 radical (unpaired) electrons. The van der Waals surface area contributed by atoms with Gasteiger partial charge in [-0.1, -0.05) is 18.2 Å². The number of anilines is 1. The quantitative estimate of drug-likeness (QED) is 0.523. The van der Waals surface area contributed by atoms with Crippen LogP contribution in [0, 0.1) is 0 Å². The van der Waals surface area contributed by atoms with Gasteiger partial charge in [0.1, 0.15) is 24.6 Å². The minimum Gasteiger partial charge on any atom is -0.347 e. The zero-order chi connectivity index (χ0) is 23.2. The Morgan fingerprint density at radius 1 is 1.09 bits per heavy atom. The van der Waals surface area contributed by atoms with E-state index >= 15 is 0 Å². The third-order valence-corrected chi connectivity index (χ3v) is 8.32. The van der Waals surface area contributed by atoms with Gasteiger partial charge in [0.15, 0.2) is 29.0 Å². The number of nitrogens with one attached hydrogen (secondary N) is 1. The number of rotatable bonds is 6. The molecule has 174 valence electrons. The molecule has 0 unspecified atom stereocenters. The highest BCUT2D eigenvalue weighted by Gasteiger charge is 2.57. The van der Waals surface area contributed by atoms with Gasteiger partial charge in [0.05, 0.1) is 10.9 Å². The number of benzene rings is 1. The van der Waals surface area contributed by atoms with Crippen LogP contribution in [0.25, 0.3) is 11.2 Å². The maximum absolute atomic E-state index is 12.7. The van der Waals surface area contributed by atoms with Crippen LogP contribution >= 0.6 is 23.5 Å². The molecule has 5 rings (SSSR count). The number of amides is 1. The van der Waals surface area contributed by atoms with E-state index in [1.165, 1.54) is 6.33 Å². The maximum atomic E-state index is 12.7. The molecule has 9 nitrogen and oxygen atoms in total. The van der Waals surface area contributed by atoms with Crippen molar-refractivity contribution in [3.05, 3.63) is 48.5 Å². The molecule has 2 aliphatic heterocycles. The van der Waals surface area contributed by atoms with Gasteiger partial charge in [-0.25, -0.2) is 15.0 Å². The van der Waals surface area contributed by atoms with E-state index in [1.807, 2.05) is 36.6 Å². The zero-order valence-electron chi connectivity index (χ0n) is 18.7. The zero-order valence-corrected chi connectivity index (χ0v) is 20.3. The van der Waals surface area contributed by atoms with Gasteiger partial charge >= 0.3 is 0 Å². The topological polar surface area (TPSA) is 100 Å². The number of hydrogen-bond acceptors (Lipinski definition) is 9. The number of imidazole rings is 1. The van der Waals surface area contributed by atoms with Crippen molar-refractivity contribution in [1.82, 2.24) is 19.5 Å². The fourth-order valence-electron chi connectivity index (χ4n) is 4.31. The van der Waals surface area contributed by atoms with Crippen LogP contribution in [-0.2, 0) is 14.2 Å². The van der Waals surface area contributed by atoms with Crippen molar-refractivity contribution in [2.45, 2.75) is 48.8 Å². The van der Waals surface area contributed by atoms with E-state index in [0.29, 0.717) is 22.5 Å². The summed E-state index contributed by atoms with van der Waals surface area (Å²) in [7, 11) is 0. The summed E-state index contributed by atoms with van der Waals surface area (Å²) in [6.45, 7) is 3.83. The van der Waals surface area contributed by atoms with Gasteiger partial charge in [-0.2, -0.15) is 0 Å². The minimum absolute atomic E-state index is 0.164. The maximum Gasteiger partial charge on any atom is 0.256 e. The number of ether oxygens (including phenoxy) is 3. The Labute approximate surface area is 200 Å². The van der Waals surface area contributed by atoms with E-state index in [9.17, 15) is 4.79 Å². The Kier molecular flexibility index (Phi) is 6.08. The molecule has 2 fully saturated rings. The average Bonchev–Trinajstić information content (AvgIpc) is 3.47. The lowest BCUT2D eigenvalue weighted by Gasteiger charge is -2.27. The number of hydrogen-bond donors (Lipinski definition) is 1. The molecule has 33 heavy (non-hydrogen) atoms. The summed E-state index contributed by atoms with van der Waals surface area (Å²) in [6, 6.07) is 8.96. The molecule has 0 saturated carbocycles. The highest BCUT2D eigenvalue weighted by atomic mass is 32.2. The third kappa shape index (κ3) is 4.12.